The zero-order valence-electron chi connectivity index (χ0n) is 14.8. The number of ether oxygens (including phenoxy) is 2. The summed E-state index contributed by atoms with van der Waals surface area (Å²) in [4.78, 5) is 29.3. The molecule has 4 rings (SSSR count). The maximum Gasteiger partial charge on any atom is 0.326 e. The standard InChI is InChI=1S/C20H18N2O6/c23-19(21-15(20(24)25)8-12-4-2-1-3-5-12)18-10-14(22-28-18)13-6-7-16-17(9-13)27-11-26-16/h1-7,9,15,18H,8,10-11H2,(H,21,23)(H,24,25)/t15-,18+/m0/s1. The molecule has 8 heteroatoms. The van der Waals surface area contributed by atoms with Crippen LogP contribution < -0.4 is 14.8 Å². The Labute approximate surface area is 160 Å². The number of carboxylic acids is 1. The summed E-state index contributed by atoms with van der Waals surface area (Å²) in [6.45, 7) is 0.171. The summed E-state index contributed by atoms with van der Waals surface area (Å²) in [6.07, 6.45) is -0.453. The first kappa shape index (κ1) is 17.8. The third kappa shape index (κ3) is 3.75. The molecule has 0 aromatic heterocycles. The summed E-state index contributed by atoms with van der Waals surface area (Å²) in [5.74, 6) is -0.348. The van der Waals surface area contributed by atoms with Gasteiger partial charge in [0.2, 0.25) is 12.9 Å². The zero-order valence-corrected chi connectivity index (χ0v) is 14.8. The molecule has 0 spiro atoms. The Hall–Kier alpha value is -3.55. The molecule has 0 bridgehead atoms. The first-order valence-electron chi connectivity index (χ1n) is 8.80. The highest BCUT2D eigenvalue weighted by molar-refractivity contribution is 6.04. The third-order valence-electron chi connectivity index (χ3n) is 4.56. The lowest BCUT2D eigenvalue weighted by molar-refractivity contribution is -0.143. The van der Waals surface area contributed by atoms with Gasteiger partial charge in [0.25, 0.3) is 5.91 Å². The lowest BCUT2D eigenvalue weighted by atomic mass is 10.0. The topological polar surface area (TPSA) is 106 Å². The van der Waals surface area contributed by atoms with E-state index in [2.05, 4.69) is 10.5 Å². The fourth-order valence-corrected chi connectivity index (χ4v) is 3.08. The van der Waals surface area contributed by atoms with Crippen LogP contribution in [0.5, 0.6) is 11.5 Å². The van der Waals surface area contributed by atoms with Gasteiger partial charge in [-0.2, -0.15) is 0 Å². The normalized spacial score (nSPS) is 18.1. The fraction of sp³-hybridized carbons (Fsp3) is 0.250. The van der Waals surface area contributed by atoms with Gasteiger partial charge in [-0.3, -0.25) is 4.79 Å². The van der Waals surface area contributed by atoms with E-state index >= 15 is 0 Å². The predicted molar refractivity (Wildman–Crippen MR) is 98.3 cm³/mol. The van der Waals surface area contributed by atoms with Crippen molar-refractivity contribution in [2.75, 3.05) is 6.79 Å². The van der Waals surface area contributed by atoms with Crippen LogP contribution in [-0.2, 0) is 20.8 Å². The van der Waals surface area contributed by atoms with Crippen LogP contribution >= 0.6 is 0 Å². The summed E-state index contributed by atoms with van der Waals surface area (Å²) < 4.78 is 10.6. The van der Waals surface area contributed by atoms with E-state index in [1.54, 1.807) is 12.1 Å². The number of benzene rings is 2. The monoisotopic (exact) mass is 382 g/mol. The van der Waals surface area contributed by atoms with Crippen LogP contribution in [0.4, 0.5) is 0 Å². The van der Waals surface area contributed by atoms with Crippen molar-refractivity contribution in [3.8, 4) is 11.5 Å². The van der Waals surface area contributed by atoms with Crippen LogP contribution in [0.2, 0.25) is 0 Å². The third-order valence-corrected chi connectivity index (χ3v) is 4.56. The smallest absolute Gasteiger partial charge is 0.326 e. The van der Waals surface area contributed by atoms with Crippen LogP contribution in [0.3, 0.4) is 0 Å². The second-order valence-electron chi connectivity index (χ2n) is 6.49. The highest BCUT2D eigenvalue weighted by Gasteiger charge is 2.32. The Morgan fingerprint density at radius 1 is 1.14 bits per heavy atom. The summed E-state index contributed by atoms with van der Waals surface area (Å²) in [5, 5.41) is 16.0. The number of carbonyl (C=O) groups is 2. The van der Waals surface area contributed by atoms with Crippen LogP contribution in [0.25, 0.3) is 0 Å². The molecule has 0 radical (unpaired) electrons. The number of carbonyl (C=O) groups excluding carboxylic acids is 1. The Bertz CT molecular complexity index is 928. The predicted octanol–water partition coefficient (Wildman–Crippen LogP) is 1.72. The van der Waals surface area contributed by atoms with E-state index in [1.165, 1.54) is 0 Å². The summed E-state index contributed by atoms with van der Waals surface area (Å²) in [6, 6.07) is 13.4. The first-order chi connectivity index (χ1) is 13.6. The van der Waals surface area contributed by atoms with Crippen LogP contribution in [0, 0.1) is 0 Å². The largest absolute Gasteiger partial charge is 0.480 e. The highest BCUT2D eigenvalue weighted by Crippen LogP contribution is 2.33. The molecule has 2 aromatic carbocycles. The first-order valence-corrected chi connectivity index (χ1v) is 8.80. The minimum Gasteiger partial charge on any atom is -0.480 e. The Morgan fingerprint density at radius 3 is 2.71 bits per heavy atom. The van der Waals surface area contributed by atoms with Crippen molar-refractivity contribution in [2.24, 2.45) is 5.16 Å². The van der Waals surface area contributed by atoms with Crippen LogP contribution in [-0.4, -0.2) is 41.6 Å². The van der Waals surface area contributed by atoms with Gasteiger partial charge in [-0.15, -0.1) is 0 Å². The molecule has 0 fully saturated rings. The molecule has 2 atom stereocenters. The van der Waals surface area contributed by atoms with Crippen molar-refractivity contribution in [3.63, 3.8) is 0 Å². The van der Waals surface area contributed by atoms with E-state index in [9.17, 15) is 14.7 Å². The number of fused-ring (bicyclic) bond motifs is 1. The van der Waals surface area contributed by atoms with Crippen molar-refractivity contribution in [1.82, 2.24) is 5.32 Å². The Balaban J connectivity index is 1.38. The van der Waals surface area contributed by atoms with E-state index in [0.717, 1.165) is 11.1 Å². The Kier molecular flexibility index (Phi) is 4.84. The molecule has 0 saturated carbocycles. The van der Waals surface area contributed by atoms with Crippen molar-refractivity contribution in [3.05, 3.63) is 59.7 Å². The number of hydrogen-bond donors (Lipinski definition) is 2. The molecule has 2 aliphatic rings. The van der Waals surface area contributed by atoms with E-state index < -0.39 is 24.0 Å². The van der Waals surface area contributed by atoms with E-state index in [1.807, 2.05) is 36.4 Å². The average Bonchev–Trinajstić information content (AvgIpc) is 3.37. The number of carboxylic acid groups (broad SMARTS) is 1. The minimum absolute atomic E-state index is 0.171. The zero-order chi connectivity index (χ0) is 19.5. The fourth-order valence-electron chi connectivity index (χ4n) is 3.08. The van der Waals surface area contributed by atoms with Gasteiger partial charge in [-0.25, -0.2) is 4.79 Å². The molecular weight excluding hydrogens is 364 g/mol. The number of hydrogen-bond acceptors (Lipinski definition) is 6. The number of oxime groups is 1. The molecule has 28 heavy (non-hydrogen) atoms. The van der Waals surface area contributed by atoms with E-state index in [0.29, 0.717) is 17.2 Å². The van der Waals surface area contributed by atoms with Crippen molar-refractivity contribution in [1.29, 1.82) is 0 Å². The number of nitrogens with one attached hydrogen (secondary N) is 1. The number of nitrogens with zero attached hydrogens (tertiary/aromatic N) is 1. The molecule has 2 heterocycles. The number of aliphatic carboxylic acids is 1. The Morgan fingerprint density at radius 2 is 1.93 bits per heavy atom. The molecule has 144 valence electrons. The van der Waals surface area contributed by atoms with Gasteiger partial charge in [-0.05, 0) is 23.8 Å². The van der Waals surface area contributed by atoms with Gasteiger partial charge in [-0.1, -0.05) is 35.5 Å². The molecule has 2 aromatic rings. The molecule has 0 unspecified atom stereocenters. The van der Waals surface area contributed by atoms with Gasteiger partial charge in [0.15, 0.2) is 11.5 Å². The van der Waals surface area contributed by atoms with Gasteiger partial charge in [0.05, 0.1) is 5.71 Å². The number of amides is 1. The second-order valence-corrected chi connectivity index (χ2v) is 6.49. The molecule has 8 nitrogen and oxygen atoms in total. The van der Waals surface area contributed by atoms with Crippen molar-refractivity contribution in [2.45, 2.75) is 25.0 Å². The van der Waals surface area contributed by atoms with Gasteiger partial charge >= 0.3 is 5.97 Å². The summed E-state index contributed by atoms with van der Waals surface area (Å²) in [7, 11) is 0. The average molecular weight is 382 g/mol. The van der Waals surface area contributed by atoms with Crippen molar-refractivity contribution < 1.29 is 29.0 Å². The van der Waals surface area contributed by atoms with Gasteiger partial charge in [0.1, 0.15) is 6.04 Å². The SMILES string of the molecule is O=C(O)[C@H](Cc1ccccc1)NC(=O)[C@H]1CC(c2ccc3c(c2)OCO3)=NO1. The molecule has 2 aliphatic heterocycles. The summed E-state index contributed by atoms with van der Waals surface area (Å²) in [5.41, 5.74) is 2.17. The number of rotatable bonds is 6. The quantitative estimate of drug-likeness (QED) is 0.788. The minimum atomic E-state index is -1.10. The molecule has 2 N–H and O–H groups in total. The highest BCUT2D eigenvalue weighted by atomic mass is 16.7. The molecule has 0 saturated heterocycles. The summed E-state index contributed by atoms with van der Waals surface area (Å²) >= 11 is 0. The van der Waals surface area contributed by atoms with Crippen molar-refractivity contribution >= 4 is 17.6 Å². The maximum atomic E-state index is 12.5. The van der Waals surface area contributed by atoms with Crippen LogP contribution in [0.15, 0.2) is 53.7 Å². The van der Waals surface area contributed by atoms with Gasteiger partial charge < -0.3 is 24.7 Å². The molecular formula is C20H18N2O6. The lowest BCUT2D eigenvalue weighted by Crippen LogP contribution is -2.46. The van der Waals surface area contributed by atoms with Gasteiger partial charge in [0, 0.05) is 18.4 Å². The maximum absolute atomic E-state index is 12.5. The second kappa shape index (κ2) is 7.59. The lowest BCUT2D eigenvalue weighted by Gasteiger charge is -2.16. The molecule has 1 amide bonds. The van der Waals surface area contributed by atoms with E-state index in [-0.39, 0.29) is 19.6 Å². The van der Waals surface area contributed by atoms with E-state index in [4.69, 9.17) is 14.3 Å². The molecule has 0 aliphatic carbocycles. The van der Waals surface area contributed by atoms with Crippen LogP contribution in [0.1, 0.15) is 17.5 Å².